The maximum absolute atomic E-state index is 12.6. The van der Waals surface area contributed by atoms with Gasteiger partial charge in [-0.2, -0.15) is 5.26 Å². The van der Waals surface area contributed by atoms with Crippen molar-refractivity contribution in [3.8, 4) is 6.07 Å². The van der Waals surface area contributed by atoms with Gasteiger partial charge in [-0.1, -0.05) is 0 Å². The monoisotopic (exact) mass is 316 g/mol. The van der Waals surface area contributed by atoms with Gasteiger partial charge >= 0.3 is 0 Å². The summed E-state index contributed by atoms with van der Waals surface area (Å²) >= 11 is 0. The highest BCUT2D eigenvalue weighted by atomic mass is 16.2. The number of amides is 1. The Morgan fingerprint density at radius 3 is 2.48 bits per heavy atom. The van der Waals surface area contributed by atoms with Crippen LogP contribution in [-0.4, -0.2) is 71.5 Å². The molecule has 1 aliphatic rings. The molecule has 1 aromatic rings. The van der Waals surface area contributed by atoms with Crippen molar-refractivity contribution in [2.24, 2.45) is 5.92 Å². The molecule has 124 valence electrons. The number of nitriles is 1. The van der Waals surface area contributed by atoms with Crippen LogP contribution in [0, 0.1) is 17.2 Å². The Morgan fingerprint density at radius 2 is 1.91 bits per heavy atom. The van der Waals surface area contributed by atoms with Crippen LogP contribution in [0.25, 0.3) is 0 Å². The summed E-state index contributed by atoms with van der Waals surface area (Å²) in [5.41, 5.74) is 0. The van der Waals surface area contributed by atoms with E-state index in [0.717, 1.165) is 13.1 Å². The quantitative estimate of drug-likeness (QED) is 0.792. The van der Waals surface area contributed by atoms with Crippen LogP contribution >= 0.6 is 0 Å². The Morgan fingerprint density at radius 1 is 1.30 bits per heavy atom. The van der Waals surface area contributed by atoms with Crippen LogP contribution in [0.1, 0.15) is 13.8 Å². The van der Waals surface area contributed by atoms with E-state index in [0.29, 0.717) is 25.6 Å². The van der Waals surface area contributed by atoms with Crippen molar-refractivity contribution < 1.29 is 4.79 Å². The van der Waals surface area contributed by atoms with Gasteiger partial charge < -0.3 is 9.80 Å². The molecule has 2 atom stereocenters. The summed E-state index contributed by atoms with van der Waals surface area (Å²) in [6.07, 6.45) is 3.46. The third kappa shape index (κ3) is 4.39. The lowest BCUT2D eigenvalue weighted by Gasteiger charge is -2.37. The number of rotatable bonds is 5. The highest BCUT2D eigenvalue weighted by Gasteiger charge is 2.28. The van der Waals surface area contributed by atoms with Crippen molar-refractivity contribution in [1.82, 2.24) is 19.8 Å². The molecule has 0 radical (unpaired) electrons. The van der Waals surface area contributed by atoms with E-state index in [1.807, 2.05) is 30.7 Å². The van der Waals surface area contributed by atoms with Crippen LogP contribution < -0.4 is 4.90 Å². The minimum absolute atomic E-state index is 0.0812. The second kappa shape index (κ2) is 7.88. The zero-order valence-electron chi connectivity index (χ0n) is 14.0. The number of likely N-dealkylation sites (N-methyl/N-ethyl adjacent to an activating group) is 1. The zero-order valence-corrected chi connectivity index (χ0v) is 14.0. The molecule has 7 nitrogen and oxygen atoms in total. The molecule has 0 aromatic carbocycles. The highest BCUT2D eigenvalue weighted by Crippen LogP contribution is 2.12. The fourth-order valence-electron chi connectivity index (χ4n) is 2.67. The number of hydrogen-bond acceptors (Lipinski definition) is 6. The largest absolute Gasteiger partial charge is 0.338 e. The van der Waals surface area contributed by atoms with Crippen LogP contribution in [0.4, 0.5) is 5.95 Å². The third-order valence-electron chi connectivity index (χ3n) is 4.23. The van der Waals surface area contributed by atoms with Gasteiger partial charge in [0, 0.05) is 45.1 Å². The predicted octanol–water partition coefficient (Wildman–Crippen LogP) is 0.605. The Labute approximate surface area is 137 Å². The number of carbonyl (C=O) groups is 1. The van der Waals surface area contributed by atoms with Crippen molar-refractivity contribution in [2.75, 3.05) is 44.7 Å². The summed E-state index contributed by atoms with van der Waals surface area (Å²) in [6, 6.07) is 3.78. The zero-order chi connectivity index (χ0) is 16.8. The predicted molar refractivity (Wildman–Crippen MR) is 87.7 cm³/mol. The SMILES string of the molecule is C[C@@H](C#N)CN(C)[C@@H](C)C(=O)N1CCN(c2ncccn2)CC1. The average molecular weight is 316 g/mol. The molecule has 1 amide bonds. The molecule has 1 fully saturated rings. The summed E-state index contributed by atoms with van der Waals surface area (Å²) < 4.78 is 0. The molecule has 0 unspecified atom stereocenters. The first-order chi connectivity index (χ1) is 11.0. The Bertz CT molecular complexity index is 549. The van der Waals surface area contributed by atoms with E-state index in [2.05, 4.69) is 20.9 Å². The third-order valence-corrected chi connectivity index (χ3v) is 4.23. The summed E-state index contributed by atoms with van der Waals surface area (Å²) in [6.45, 7) is 7.18. The lowest BCUT2D eigenvalue weighted by molar-refractivity contribution is -0.136. The number of aromatic nitrogens is 2. The van der Waals surface area contributed by atoms with Gasteiger partial charge in [0.1, 0.15) is 0 Å². The van der Waals surface area contributed by atoms with E-state index >= 15 is 0 Å². The molecule has 0 N–H and O–H groups in total. The average Bonchev–Trinajstić information content (AvgIpc) is 2.61. The van der Waals surface area contributed by atoms with E-state index in [9.17, 15) is 4.79 Å². The van der Waals surface area contributed by atoms with E-state index in [1.165, 1.54) is 0 Å². The molecule has 7 heteroatoms. The van der Waals surface area contributed by atoms with Crippen molar-refractivity contribution in [3.63, 3.8) is 0 Å². The molecular weight excluding hydrogens is 292 g/mol. The number of piperazine rings is 1. The molecular formula is C16H24N6O. The molecule has 0 spiro atoms. The first-order valence-corrected chi connectivity index (χ1v) is 7.93. The Hall–Kier alpha value is -2.20. The first-order valence-electron chi connectivity index (χ1n) is 7.93. The van der Waals surface area contributed by atoms with Gasteiger partial charge in [-0.25, -0.2) is 9.97 Å². The fourth-order valence-corrected chi connectivity index (χ4v) is 2.67. The summed E-state index contributed by atoms with van der Waals surface area (Å²) in [5.74, 6) is 0.751. The lowest BCUT2D eigenvalue weighted by atomic mass is 10.1. The second-order valence-corrected chi connectivity index (χ2v) is 6.01. The molecule has 1 saturated heterocycles. The minimum Gasteiger partial charge on any atom is -0.338 e. The molecule has 1 aromatic heterocycles. The van der Waals surface area contributed by atoms with Crippen LogP contribution in [0.3, 0.4) is 0 Å². The Kier molecular flexibility index (Phi) is 5.88. The fraction of sp³-hybridized carbons (Fsp3) is 0.625. The van der Waals surface area contributed by atoms with E-state index in [1.54, 1.807) is 18.5 Å². The van der Waals surface area contributed by atoms with Crippen LogP contribution in [0.5, 0.6) is 0 Å². The lowest BCUT2D eigenvalue weighted by Crippen LogP contribution is -2.54. The van der Waals surface area contributed by atoms with Crippen LogP contribution in [0.2, 0.25) is 0 Å². The Balaban J connectivity index is 1.87. The molecule has 23 heavy (non-hydrogen) atoms. The number of nitrogens with zero attached hydrogens (tertiary/aromatic N) is 6. The van der Waals surface area contributed by atoms with E-state index in [-0.39, 0.29) is 17.9 Å². The van der Waals surface area contributed by atoms with Crippen molar-refractivity contribution >= 4 is 11.9 Å². The van der Waals surface area contributed by atoms with Crippen LogP contribution in [0.15, 0.2) is 18.5 Å². The number of hydrogen-bond donors (Lipinski definition) is 0. The van der Waals surface area contributed by atoms with Crippen molar-refractivity contribution in [1.29, 1.82) is 5.26 Å². The van der Waals surface area contributed by atoms with Gasteiger partial charge in [0.2, 0.25) is 11.9 Å². The molecule has 0 saturated carbocycles. The second-order valence-electron chi connectivity index (χ2n) is 6.01. The van der Waals surface area contributed by atoms with Gasteiger partial charge in [0.05, 0.1) is 18.0 Å². The van der Waals surface area contributed by atoms with Gasteiger partial charge in [0.25, 0.3) is 0 Å². The maximum atomic E-state index is 12.6. The molecule has 0 aliphatic carbocycles. The van der Waals surface area contributed by atoms with Gasteiger partial charge in [0.15, 0.2) is 0 Å². The van der Waals surface area contributed by atoms with Crippen LogP contribution in [-0.2, 0) is 4.79 Å². The van der Waals surface area contributed by atoms with Crippen molar-refractivity contribution in [2.45, 2.75) is 19.9 Å². The highest BCUT2D eigenvalue weighted by molar-refractivity contribution is 5.81. The van der Waals surface area contributed by atoms with Gasteiger partial charge in [-0.05, 0) is 27.0 Å². The standard InChI is InChI=1S/C16H24N6O/c1-13(11-17)12-20(3)14(2)15(23)21-7-9-22(10-8-21)16-18-5-4-6-19-16/h4-6,13-14H,7-10,12H2,1-3H3/t13-,14-/m0/s1. The molecule has 1 aliphatic heterocycles. The summed E-state index contributed by atoms with van der Waals surface area (Å²) in [7, 11) is 1.89. The molecule has 0 bridgehead atoms. The van der Waals surface area contributed by atoms with Gasteiger partial charge in [-0.3, -0.25) is 9.69 Å². The minimum atomic E-state index is -0.217. The topological polar surface area (TPSA) is 76.4 Å². The van der Waals surface area contributed by atoms with Gasteiger partial charge in [-0.15, -0.1) is 0 Å². The summed E-state index contributed by atoms with van der Waals surface area (Å²) in [5, 5.41) is 8.90. The molecule has 2 heterocycles. The molecule has 2 rings (SSSR count). The summed E-state index contributed by atoms with van der Waals surface area (Å²) in [4.78, 5) is 27.0. The smallest absolute Gasteiger partial charge is 0.239 e. The van der Waals surface area contributed by atoms with Crippen molar-refractivity contribution in [3.05, 3.63) is 18.5 Å². The number of carbonyl (C=O) groups excluding carboxylic acids is 1. The normalized spacial score (nSPS) is 17.7. The number of anilines is 1. The van der Waals surface area contributed by atoms with E-state index in [4.69, 9.17) is 5.26 Å². The first kappa shape index (κ1) is 17.2. The van der Waals surface area contributed by atoms with E-state index < -0.39 is 0 Å². The maximum Gasteiger partial charge on any atom is 0.239 e.